The normalized spacial score (nSPS) is 41.2. The Labute approximate surface area is 68.6 Å². The third-order valence-corrected chi connectivity index (χ3v) is 1.87. The summed E-state index contributed by atoms with van der Waals surface area (Å²) in [6.45, 7) is -1.01. The second kappa shape index (κ2) is 3.25. The molecule has 0 radical (unpaired) electrons. The molecule has 72 valence electrons. The number of ether oxygens (including phenoxy) is 1. The van der Waals surface area contributed by atoms with Gasteiger partial charge >= 0.3 is 0 Å². The first-order valence-corrected chi connectivity index (χ1v) is 3.52. The molecular formula is C6H12O6. The van der Waals surface area contributed by atoms with Gasteiger partial charge in [-0.25, -0.2) is 0 Å². The monoisotopic (exact) mass is 180 g/mol. The van der Waals surface area contributed by atoms with Gasteiger partial charge in [-0.3, -0.25) is 0 Å². The van der Waals surface area contributed by atoms with E-state index in [1.807, 2.05) is 0 Å². The highest BCUT2D eigenvalue weighted by molar-refractivity contribution is 4.90. The van der Waals surface area contributed by atoms with E-state index in [4.69, 9.17) is 25.5 Å². The van der Waals surface area contributed by atoms with Crippen LogP contribution in [0.5, 0.6) is 0 Å². The van der Waals surface area contributed by atoms with E-state index in [2.05, 4.69) is 4.74 Å². The van der Waals surface area contributed by atoms with Gasteiger partial charge in [0, 0.05) is 0 Å². The third kappa shape index (κ3) is 1.58. The fourth-order valence-corrected chi connectivity index (χ4v) is 1.05. The van der Waals surface area contributed by atoms with Crippen LogP contribution in [0.25, 0.3) is 0 Å². The maximum Gasteiger partial charge on any atom is 0.216 e. The molecule has 0 aromatic heterocycles. The Bertz CT molecular complexity index is 158. The Kier molecular flexibility index (Phi) is 2.67. The van der Waals surface area contributed by atoms with Gasteiger partial charge in [0.15, 0.2) is 0 Å². The molecular weight excluding hydrogens is 168 g/mol. The highest BCUT2D eigenvalue weighted by atomic mass is 16.6. The first-order chi connectivity index (χ1) is 5.49. The number of hydrogen-bond acceptors (Lipinski definition) is 6. The van der Waals surface area contributed by atoms with Crippen LogP contribution in [0.2, 0.25) is 0 Å². The molecule has 2 unspecified atom stereocenters. The van der Waals surface area contributed by atoms with Crippen molar-refractivity contribution < 1.29 is 30.3 Å². The second-order valence-corrected chi connectivity index (χ2v) is 2.85. The van der Waals surface area contributed by atoms with Crippen LogP contribution in [0.1, 0.15) is 0 Å². The Hall–Kier alpha value is -0.240. The van der Waals surface area contributed by atoms with E-state index in [-0.39, 0.29) is 0 Å². The van der Waals surface area contributed by atoms with Gasteiger partial charge < -0.3 is 30.3 Å². The Morgan fingerprint density at radius 3 is 2.42 bits per heavy atom. The summed E-state index contributed by atoms with van der Waals surface area (Å²) in [5, 5.41) is 44.7. The number of rotatable bonds is 1. The lowest BCUT2D eigenvalue weighted by Crippen LogP contribution is -2.61. The van der Waals surface area contributed by atoms with Crippen molar-refractivity contribution in [3.63, 3.8) is 0 Å². The molecule has 0 amide bonds. The molecule has 12 heavy (non-hydrogen) atoms. The molecule has 1 aliphatic heterocycles. The van der Waals surface area contributed by atoms with Gasteiger partial charge in [0.25, 0.3) is 0 Å². The molecule has 1 rings (SSSR count). The molecule has 3 atom stereocenters. The van der Waals surface area contributed by atoms with Crippen molar-refractivity contribution in [3.05, 3.63) is 0 Å². The molecule has 1 saturated heterocycles. The average molecular weight is 180 g/mol. The van der Waals surface area contributed by atoms with Crippen molar-refractivity contribution >= 4 is 0 Å². The van der Waals surface area contributed by atoms with Crippen LogP contribution in [0.3, 0.4) is 0 Å². The second-order valence-electron chi connectivity index (χ2n) is 2.85. The van der Waals surface area contributed by atoms with E-state index in [0.717, 1.165) is 0 Å². The summed E-state index contributed by atoms with van der Waals surface area (Å²) in [4.78, 5) is 0. The standard InChI is InChI=1S/C6H12O6/c7-1-3-4(8)5(9)6(10,11)2-12-3/h3-5,7-11H,1-2H2/t3?,4-,5?/m0/s1. The average Bonchev–Trinajstić information content (AvgIpc) is 2.01. The minimum absolute atomic E-state index is 0.478. The van der Waals surface area contributed by atoms with Crippen LogP contribution in [-0.2, 0) is 4.74 Å². The van der Waals surface area contributed by atoms with Gasteiger partial charge in [0.1, 0.15) is 24.9 Å². The Morgan fingerprint density at radius 1 is 1.33 bits per heavy atom. The highest BCUT2D eigenvalue weighted by Gasteiger charge is 2.46. The molecule has 0 aromatic rings. The van der Waals surface area contributed by atoms with E-state index in [1.54, 1.807) is 0 Å². The predicted octanol–water partition coefficient (Wildman–Crippen LogP) is -3.22. The first-order valence-electron chi connectivity index (χ1n) is 3.52. The van der Waals surface area contributed by atoms with E-state index in [1.165, 1.54) is 0 Å². The predicted molar refractivity (Wildman–Crippen MR) is 36.0 cm³/mol. The molecule has 0 aliphatic carbocycles. The lowest BCUT2D eigenvalue weighted by atomic mass is 9.98. The highest BCUT2D eigenvalue weighted by Crippen LogP contribution is 2.21. The number of hydrogen-bond donors (Lipinski definition) is 5. The van der Waals surface area contributed by atoms with Crippen molar-refractivity contribution in [2.75, 3.05) is 13.2 Å². The molecule has 1 fully saturated rings. The lowest BCUT2D eigenvalue weighted by molar-refractivity contribution is -0.319. The van der Waals surface area contributed by atoms with E-state index < -0.39 is 37.3 Å². The van der Waals surface area contributed by atoms with Crippen LogP contribution in [0.15, 0.2) is 0 Å². The minimum Gasteiger partial charge on any atom is -0.394 e. The van der Waals surface area contributed by atoms with Crippen molar-refractivity contribution in [2.45, 2.75) is 24.1 Å². The summed E-state index contributed by atoms with van der Waals surface area (Å²) in [5.74, 6) is -2.44. The van der Waals surface area contributed by atoms with Gasteiger partial charge in [0.2, 0.25) is 5.79 Å². The summed E-state index contributed by atoms with van der Waals surface area (Å²) in [6.07, 6.45) is -4.17. The van der Waals surface area contributed by atoms with Crippen molar-refractivity contribution in [3.8, 4) is 0 Å². The summed E-state index contributed by atoms with van der Waals surface area (Å²) < 4.78 is 4.67. The Balaban J connectivity index is 2.65. The van der Waals surface area contributed by atoms with Crippen LogP contribution in [-0.4, -0.2) is 62.8 Å². The third-order valence-electron chi connectivity index (χ3n) is 1.87. The maximum absolute atomic E-state index is 9.12. The molecule has 0 bridgehead atoms. The molecule has 6 heteroatoms. The van der Waals surface area contributed by atoms with Crippen LogP contribution >= 0.6 is 0 Å². The number of aliphatic hydroxyl groups excluding tert-OH is 3. The number of aliphatic hydroxyl groups is 5. The van der Waals surface area contributed by atoms with Gasteiger partial charge in [-0.1, -0.05) is 0 Å². The molecule has 1 aliphatic rings. The Morgan fingerprint density at radius 2 is 1.92 bits per heavy atom. The van der Waals surface area contributed by atoms with Gasteiger partial charge in [-0.2, -0.15) is 0 Å². The zero-order chi connectivity index (χ0) is 9.35. The van der Waals surface area contributed by atoms with Crippen molar-refractivity contribution in [1.29, 1.82) is 0 Å². The quantitative estimate of drug-likeness (QED) is 0.271. The summed E-state index contributed by atoms with van der Waals surface area (Å²) in [6, 6.07) is 0. The summed E-state index contributed by atoms with van der Waals surface area (Å²) >= 11 is 0. The SMILES string of the molecule is OCC1OCC(O)(O)C(O)[C@H]1O. The van der Waals surface area contributed by atoms with Crippen LogP contribution in [0.4, 0.5) is 0 Å². The molecule has 6 nitrogen and oxygen atoms in total. The summed E-state index contributed by atoms with van der Waals surface area (Å²) in [5.41, 5.74) is 0. The lowest BCUT2D eigenvalue weighted by Gasteiger charge is -2.39. The van der Waals surface area contributed by atoms with E-state index in [0.29, 0.717) is 0 Å². The van der Waals surface area contributed by atoms with E-state index >= 15 is 0 Å². The zero-order valence-corrected chi connectivity index (χ0v) is 6.29. The molecule has 5 N–H and O–H groups in total. The topological polar surface area (TPSA) is 110 Å². The molecule has 1 heterocycles. The first kappa shape index (κ1) is 9.85. The van der Waals surface area contributed by atoms with Gasteiger partial charge in [0.05, 0.1) is 6.61 Å². The van der Waals surface area contributed by atoms with Crippen molar-refractivity contribution in [2.24, 2.45) is 0 Å². The largest absolute Gasteiger partial charge is 0.394 e. The molecule has 0 saturated carbocycles. The smallest absolute Gasteiger partial charge is 0.216 e. The maximum atomic E-state index is 9.12. The van der Waals surface area contributed by atoms with Gasteiger partial charge in [-0.15, -0.1) is 0 Å². The van der Waals surface area contributed by atoms with Crippen molar-refractivity contribution in [1.82, 2.24) is 0 Å². The fraction of sp³-hybridized carbons (Fsp3) is 1.00. The van der Waals surface area contributed by atoms with Crippen LogP contribution < -0.4 is 0 Å². The fourth-order valence-electron chi connectivity index (χ4n) is 1.05. The van der Waals surface area contributed by atoms with E-state index in [9.17, 15) is 0 Å². The van der Waals surface area contributed by atoms with Crippen LogP contribution in [0, 0.1) is 0 Å². The minimum atomic E-state index is -2.44. The summed E-state index contributed by atoms with van der Waals surface area (Å²) in [7, 11) is 0. The molecule has 0 aromatic carbocycles. The molecule has 0 spiro atoms. The van der Waals surface area contributed by atoms with Gasteiger partial charge in [-0.05, 0) is 0 Å². The zero-order valence-electron chi connectivity index (χ0n) is 6.29.